The second-order valence-electron chi connectivity index (χ2n) is 10.6. The second kappa shape index (κ2) is 16.1. The average Bonchev–Trinajstić information content (AvgIpc) is 3.29. The van der Waals surface area contributed by atoms with Gasteiger partial charge in [0.15, 0.2) is 5.57 Å². The smallest absolute Gasteiger partial charge is 0.352 e. The normalized spacial score (nSPS) is 12.1. The third kappa shape index (κ3) is 10.7. The van der Waals surface area contributed by atoms with Crippen LogP contribution in [0.15, 0.2) is 60.0 Å². The van der Waals surface area contributed by atoms with Crippen LogP contribution in [0.5, 0.6) is 0 Å². The summed E-state index contributed by atoms with van der Waals surface area (Å²) in [5.41, 5.74) is 3.45. The predicted octanol–water partition coefficient (Wildman–Crippen LogP) is 1.27. The molecule has 7 N–H and O–H groups in total. The quantitative estimate of drug-likeness (QED) is 0.135. The standard InChI is InChI=1S/C22H24N4O5S.C9H13N3O2/c1-5-10-31-20(28)16(12-23)19-26(6-2)18(27)17(32-19)13-24-14-8-7-9-15(11-14)25-21(29)22(3,4)30;1-9(2,14)8(13)12-7-5-6(10)3-4-11-7/h5,7-9,11,13,24,30H,1,6,10H2,2-4H3,(H,25,29);3-5,14H,1-2H3,(H3,10,11,12,13). The van der Waals surface area contributed by atoms with E-state index in [-0.39, 0.29) is 33.5 Å². The SMILES string of the molecule is C=CCOC(=O)C(C#N)=c1sc(=CNc2cccc(NC(=O)C(C)(C)O)c2)c(=O)n1CC.CC(C)(O)C(=O)Nc1cc(N)ccn1. The molecule has 1 aromatic carbocycles. The van der Waals surface area contributed by atoms with Crippen molar-refractivity contribution in [2.75, 3.05) is 28.3 Å². The van der Waals surface area contributed by atoms with E-state index in [4.69, 9.17) is 10.5 Å². The number of aliphatic hydroxyl groups is 2. The van der Waals surface area contributed by atoms with Gasteiger partial charge in [0.05, 0.1) is 0 Å². The Morgan fingerprint density at radius 2 is 1.74 bits per heavy atom. The number of hydrogen-bond donors (Lipinski definition) is 6. The van der Waals surface area contributed by atoms with Gasteiger partial charge in [-0.3, -0.25) is 19.0 Å². The molecule has 15 heteroatoms. The summed E-state index contributed by atoms with van der Waals surface area (Å²) in [6.45, 7) is 11.0. The van der Waals surface area contributed by atoms with Crippen molar-refractivity contribution < 1.29 is 29.3 Å². The molecule has 3 aromatic rings. The van der Waals surface area contributed by atoms with Crippen LogP contribution in [0.4, 0.5) is 22.9 Å². The number of nitrogens with two attached hydrogens (primary N) is 1. The van der Waals surface area contributed by atoms with Gasteiger partial charge in [-0.15, -0.1) is 11.3 Å². The Balaban J connectivity index is 0.000000438. The number of hydrogen-bond acceptors (Lipinski definition) is 12. The van der Waals surface area contributed by atoms with Crippen LogP contribution in [0.3, 0.4) is 0 Å². The van der Waals surface area contributed by atoms with Gasteiger partial charge < -0.3 is 36.6 Å². The molecule has 0 unspecified atom stereocenters. The van der Waals surface area contributed by atoms with Crippen molar-refractivity contribution in [2.45, 2.75) is 52.4 Å². The highest BCUT2D eigenvalue weighted by Gasteiger charge is 2.24. The van der Waals surface area contributed by atoms with Crippen LogP contribution in [0.25, 0.3) is 11.8 Å². The zero-order valence-corrected chi connectivity index (χ0v) is 26.9. The van der Waals surface area contributed by atoms with Gasteiger partial charge in [0.2, 0.25) is 0 Å². The predicted molar refractivity (Wildman–Crippen MR) is 177 cm³/mol. The molecule has 0 spiro atoms. The van der Waals surface area contributed by atoms with Crippen LogP contribution in [-0.2, 0) is 25.7 Å². The van der Waals surface area contributed by atoms with Crippen LogP contribution in [0, 0.1) is 11.3 Å². The van der Waals surface area contributed by atoms with Crippen LogP contribution in [-0.4, -0.2) is 55.4 Å². The first kappa shape index (κ1) is 36.9. The minimum Gasteiger partial charge on any atom is -0.457 e. The van der Waals surface area contributed by atoms with Gasteiger partial charge in [0, 0.05) is 42.1 Å². The van der Waals surface area contributed by atoms with Crippen LogP contribution in [0.1, 0.15) is 34.6 Å². The van der Waals surface area contributed by atoms with Gasteiger partial charge in [-0.05, 0) is 58.9 Å². The van der Waals surface area contributed by atoms with Crippen molar-refractivity contribution in [1.29, 1.82) is 5.26 Å². The molecule has 0 aliphatic heterocycles. The molecule has 2 amide bonds. The highest BCUT2D eigenvalue weighted by Crippen LogP contribution is 2.17. The number of nitrogen functional groups attached to an aromatic ring is 1. The number of carbonyl (C=O) groups excluding carboxylic acids is 3. The maximum absolute atomic E-state index is 12.7. The van der Waals surface area contributed by atoms with E-state index in [1.54, 1.807) is 37.3 Å². The minimum atomic E-state index is -1.53. The maximum atomic E-state index is 12.7. The number of nitriles is 1. The maximum Gasteiger partial charge on any atom is 0.352 e. The fourth-order valence-electron chi connectivity index (χ4n) is 3.28. The van der Waals surface area contributed by atoms with E-state index in [9.17, 15) is 34.7 Å². The first-order valence-electron chi connectivity index (χ1n) is 13.8. The monoisotopic (exact) mass is 651 g/mol. The molecule has 3 rings (SSSR count). The summed E-state index contributed by atoms with van der Waals surface area (Å²) in [5, 5.41) is 36.6. The Morgan fingerprint density at radius 1 is 1.11 bits per heavy atom. The fraction of sp³-hybridized carbons (Fsp3) is 0.290. The number of esters is 1. The van der Waals surface area contributed by atoms with E-state index in [1.807, 2.05) is 6.07 Å². The Kier molecular flexibility index (Phi) is 12.9. The number of pyridine rings is 1. The van der Waals surface area contributed by atoms with Gasteiger partial charge in [0.1, 0.15) is 38.9 Å². The topological polar surface area (TPSA) is 222 Å². The number of aromatic nitrogens is 2. The molecule has 46 heavy (non-hydrogen) atoms. The minimum absolute atomic E-state index is 0.0490. The highest BCUT2D eigenvalue weighted by molar-refractivity contribution is 7.07. The summed E-state index contributed by atoms with van der Waals surface area (Å²) < 4.78 is 6.74. The molecular formula is C31H37N7O7S. The molecule has 14 nitrogen and oxygen atoms in total. The van der Waals surface area contributed by atoms with Gasteiger partial charge in [-0.25, -0.2) is 9.78 Å². The van der Waals surface area contributed by atoms with E-state index >= 15 is 0 Å². The molecular weight excluding hydrogens is 614 g/mol. The second-order valence-corrected chi connectivity index (χ2v) is 11.6. The number of anilines is 4. The largest absolute Gasteiger partial charge is 0.457 e. The molecule has 0 radical (unpaired) electrons. The van der Waals surface area contributed by atoms with Crippen molar-refractivity contribution in [3.8, 4) is 6.07 Å². The fourth-order valence-corrected chi connectivity index (χ4v) is 4.36. The van der Waals surface area contributed by atoms with E-state index in [0.717, 1.165) is 11.3 Å². The molecule has 0 fully saturated rings. The third-order valence-corrected chi connectivity index (χ3v) is 6.84. The summed E-state index contributed by atoms with van der Waals surface area (Å²) in [4.78, 5) is 52.1. The highest BCUT2D eigenvalue weighted by atomic mass is 32.1. The molecule has 244 valence electrons. The van der Waals surface area contributed by atoms with Crippen LogP contribution >= 0.6 is 11.3 Å². The molecule has 0 aliphatic carbocycles. The van der Waals surface area contributed by atoms with Crippen molar-refractivity contribution in [3.63, 3.8) is 0 Å². The number of rotatable bonds is 10. The van der Waals surface area contributed by atoms with Gasteiger partial charge in [-0.2, -0.15) is 5.26 Å². The first-order valence-corrected chi connectivity index (χ1v) is 14.6. The molecule has 0 aliphatic rings. The molecule has 0 bridgehead atoms. The number of thiazole rings is 1. The summed E-state index contributed by atoms with van der Waals surface area (Å²) in [5.74, 6) is -1.58. The van der Waals surface area contributed by atoms with Crippen molar-refractivity contribution in [3.05, 3.63) is 74.8 Å². The van der Waals surface area contributed by atoms with Crippen molar-refractivity contribution in [2.24, 2.45) is 0 Å². The lowest BCUT2D eigenvalue weighted by Gasteiger charge is -2.16. The van der Waals surface area contributed by atoms with E-state index in [0.29, 0.717) is 22.9 Å². The van der Waals surface area contributed by atoms with Crippen LogP contribution < -0.4 is 36.4 Å². The van der Waals surface area contributed by atoms with Gasteiger partial charge in [-0.1, -0.05) is 18.7 Å². The molecule has 2 aromatic heterocycles. The van der Waals surface area contributed by atoms with Crippen molar-refractivity contribution >= 4 is 63.8 Å². The number of benzene rings is 1. The third-order valence-electron chi connectivity index (χ3n) is 5.71. The summed E-state index contributed by atoms with van der Waals surface area (Å²) >= 11 is 0.986. The lowest BCUT2D eigenvalue weighted by atomic mass is 10.1. The number of nitrogens with one attached hydrogen (secondary N) is 3. The lowest BCUT2D eigenvalue weighted by molar-refractivity contribution is -0.135. The van der Waals surface area contributed by atoms with E-state index in [2.05, 4.69) is 27.5 Å². The molecule has 0 atom stereocenters. The Hall–Kier alpha value is -5.30. The lowest BCUT2D eigenvalue weighted by Crippen LogP contribution is -2.36. The summed E-state index contributed by atoms with van der Waals surface area (Å²) in [6.07, 6.45) is 4.33. The zero-order chi connectivity index (χ0) is 34.7. The summed E-state index contributed by atoms with van der Waals surface area (Å²) in [7, 11) is 0. The Labute approximate surface area is 269 Å². The van der Waals surface area contributed by atoms with E-state index in [1.165, 1.54) is 56.8 Å². The number of nitrogens with zero attached hydrogens (tertiary/aromatic N) is 3. The molecule has 0 saturated heterocycles. The molecule has 0 saturated carbocycles. The van der Waals surface area contributed by atoms with E-state index < -0.39 is 29.0 Å². The molecule has 2 heterocycles. The Morgan fingerprint density at radius 3 is 2.30 bits per heavy atom. The van der Waals surface area contributed by atoms with Crippen molar-refractivity contribution in [1.82, 2.24) is 9.55 Å². The average molecular weight is 652 g/mol. The Bertz CT molecular complexity index is 1810. The van der Waals surface area contributed by atoms with Gasteiger partial charge >= 0.3 is 5.97 Å². The summed E-state index contributed by atoms with van der Waals surface area (Å²) in [6, 6.07) is 11.7. The zero-order valence-electron chi connectivity index (χ0n) is 26.1. The number of ether oxygens (including phenoxy) is 1. The number of carbonyl (C=O) groups is 3. The van der Waals surface area contributed by atoms with Crippen LogP contribution in [0.2, 0.25) is 0 Å². The van der Waals surface area contributed by atoms with Gasteiger partial charge in [0.25, 0.3) is 17.4 Å². The first-order chi connectivity index (χ1) is 21.5. The number of amides is 2.